The van der Waals surface area contributed by atoms with Crippen LogP contribution in [0.2, 0.25) is 0 Å². The Morgan fingerprint density at radius 2 is 2.04 bits per heavy atom. The lowest BCUT2D eigenvalue weighted by Gasteiger charge is -2.18. The predicted molar refractivity (Wildman–Crippen MR) is 106 cm³/mol. The molecule has 0 aliphatic heterocycles. The number of carbonyl (C=O) groups is 2. The molecule has 2 aromatic heterocycles. The zero-order valence-electron chi connectivity index (χ0n) is 14.9. The lowest BCUT2D eigenvalue weighted by atomic mass is 10.2. The van der Waals surface area contributed by atoms with Gasteiger partial charge >= 0.3 is 5.97 Å². The Kier molecular flexibility index (Phi) is 5.83. The number of amides is 1. The molecule has 0 radical (unpaired) electrons. The molecule has 0 aliphatic carbocycles. The summed E-state index contributed by atoms with van der Waals surface area (Å²) in [4.78, 5) is 30.7. The summed E-state index contributed by atoms with van der Waals surface area (Å²) >= 11 is 1.36. The summed E-state index contributed by atoms with van der Waals surface area (Å²) in [6, 6.07) is 13.1. The van der Waals surface area contributed by atoms with Crippen LogP contribution in [0.15, 0.2) is 66.7 Å². The third-order valence-corrected chi connectivity index (χ3v) is 4.75. The van der Waals surface area contributed by atoms with E-state index in [1.807, 2.05) is 35.7 Å². The standard InChI is InChI=1S/C20H19N3O3S/c1-3-11-23(18(24)13-26-19(25)17-10-7-12-22(17)2)20-21-16(14-27-20)15-8-5-4-6-9-15/h3-10,12,14H,1,11,13H2,2H3. The molecule has 0 atom stereocenters. The lowest BCUT2D eigenvalue weighted by Crippen LogP contribution is -2.35. The van der Waals surface area contributed by atoms with Gasteiger partial charge in [-0.15, -0.1) is 17.9 Å². The number of ether oxygens (including phenoxy) is 1. The highest BCUT2D eigenvalue weighted by Gasteiger charge is 2.21. The summed E-state index contributed by atoms with van der Waals surface area (Å²) in [7, 11) is 1.74. The number of hydrogen-bond donors (Lipinski definition) is 0. The van der Waals surface area contributed by atoms with Gasteiger partial charge in [0.2, 0.25) is 0 Å². The van der Waals surface area contributed by atoms with Crippen LogP contribution in [0.4, 0.5) is 5.13 Å². The minimum Gasteiger partial charge on any atom is -0.451 e. The van der Waals surface area contributed by atoms with Gasteiger partial charge in [-0.1, -0.05) is 36.4 Å². The van der Waals surface area contributed by atoms with Crippen LogP contribution in [-0.2, 0) is 16.6 Å². The van der Waals surface area contributed by atoms with Gasteiger partial charge in [0.25, 0.3) is 5.91 Å². The molecule has 1 amide bonds. The van der Waals surface area contributed by atoms with Crippen molar-refractivity contribution in [2.75, 3.05) is 18.1 Å². The smallest absolute Gasteiger partial charge is 0.355 e. The first-order valence-electron chi connectivity index (χ1n) is 8.31. The molecular weight excluding hydrogens is 362 g/mol. The maximum absolute atomic E-state index is 12.6. The molecule has 0 N–H and O–H groups in total. The molecule has 138 valence electrons. The van der Waals surface area contributed by atoms with Crippen molar-refractivity contribution in [2.24, 2.45) is 7.05 Å². The van der Waals surface area contributed by atoms with Gasteiger partial charge in [-0.25, -0.2) is 9.78 Å². The summed E-state index contributed by atoms with van der Waals surface area (Å²) in [6.45, 7) is 3.61. The van der Waals surface area contributed by atoms with Gasteiger partial charge in [0.15, 0.2) is 11.7 Å². The number of aromatic nitrogens is 2. The van der Waals surface area contributed by atoms with Crippen LogP contribution >= 0.6 is 11.3 Å². The van der Waals surface area contributed by atoms with Crippen LogP contribution in [-0.4, -0.2) is 34.6 Å². The van der Waals surface area contributed by atoms with Gasteiger partial charge in [0.1, 0.15) is 5.69 Å². The topological polar surface area (TPSA) is 64.4 Å². The maximum atomic E-state index is 12.6. The predicted octanol–water partition coefficient (Wildman–Crippen LogP) is 3.52. The van der Waals surface area contributed by atoms with Gasteiger partial charge in [0.05, 0.1) is 5.69 Å². The van der Waals surface area contributed by atoms with E-state index in [4.69, 9.17) is 4.74 Å². The SMILES string of the molecule is C=CCN(C(=O)COC(=O)c1cccn1C)c1nc(-c2ccccc2)cs1. The number of nitrogens with zero attached hydrogens (tertiary/aromatic N) is 3. The molecule has 0 fully saturated rings. The van der Waals surface area contributed by atoms with E-state index in [0.717, 1.165) is 11.3 Å². The second-order valence-corrected chi connectivity index (χ2v) is 6.59. The van der Waals surface area contributed by atoms with Crippen molar-refractivity contribution in [1.29, 1.82) is 0 Å². The number of anilines is 1. The van der Waals surface area contributed by atoms with Crippen molar-refractivity contribution < 1.29 is 14.3 Å². The van der Waals surface area contributed by atoms with Crippen LogP contribution in [0, 0.1) is 0 Å². The average Bonchev–Trinajstić information content (AvgIpc) is 3.34. The van der Waals surface area contributed by atoms with E-state index in [9.17, 15) is 9.59 Å². The number of aryl methyl sites for hydroxylation is 1. The lowest BCUT2D eigenvalue weighted by molar-refractivity contribution is -0.121. The molecule has 27 heavy (non-hydrogen) atoms. The van der Waals surface area contributed by atoms with E-state index in [2.05, 4.69) is 11.6 Å². The Labute approximate surface area is 161 Å². The molecule has 0 bridgehead atoms. The number of hydrogen-bond acceptors (Lipinski definition) is 5. The first-order chi connectivity index (χ1) is 13.1. The van der Waals surface area contributed by atoms with Gasteiger partial charge < -0.3 is 9.30 Å². The molecule has 0 saturated heterocycles. The summed E-state index contributed by atoms with van der Waals surface area (Å²) in [5, 5.41) is 2.43. The summed E-state index contributed by atoms with van der Waals surface area (Å²) in [5.41, 5.74) is 2.15. The van der Waals surface area contributed by atoms with Gasteiger partial charge in [-0.2, -0.15) is 0 Å². The van der Waals surface area contributed by atoms with Gasteiger partial charge in [-0.05, 0) is 12.1 Å². The number of rotatable bonds is 7. The fraction of sp³-hybridized carbons (Fsp3) is 0.150. The molecule has 2 heterocycles. The van der Waals surface area contributed by atoms with E-state index in [0.29, 0.717) is 10.8 Å². The Balaban J connectivity index is 1.70. The van der Waals surface area contributed by atoms with Crippen LogP contribution < -0.4 is 4.90 Å². The minimum absolute atomic E-state index is 0.280. The van der Waals surface area contributed by atoms with Crippen molar-refractivity contribution in [3.63, 3.8) is 0 Å². The van der Waals surface area contributed by atoms with Gasteiger partial charge in [-0.3, -0.25) is 9.69 Å². The fourth-order valence-electron chi connectivity index (χ4n) is 2.50. The number of carbonyl (C=O) groups excluding carboxylic acids is 2. The van der Waals surface area contributed by atoms with Crippen molar-refractivity contribution in [3.05, 3.63) is 72.4 Å². The van der Waals surface area contributed by atoms with Crippen molar-refractivity contribution in [1.82, 2.24) is 9.55 Å². The molecule has 0 aliphatic rings. The van der Waals surface area contributed by atoms with Crippen molar-refractivity contribution in [3.8, 4) is 11.3 Å². The van der Waals surface area contributed by atoms with Gasteiger partial charge in [0, 0.05) is 30.7 Å². The fourth-order valence-corrected chi connectivity index (χ4v) is 3.36. The van der Waals surface area contributed by atoms with Crippen LogP contribution in [0.25, 0.3) is 11.3 Å². The number of thiazole rings is 1. The molecule has 1 aromatic carbocycles. The Hall–Kier alpha value is -3.19. The number of esters is 1. The van der Waals surface area contributed by atoms with Crippen molar-refractivity contribution >= 4 is 28.3 Å². The van der Waals surface area contributed by atoms with Crippen LogP contribution in [0.3, 0.4) is 0 Å². The Morgan fingerprint density at radius 3 is 2.70 bits per heavy atom. The zero-order chi connectivity index (χ0) is 19.2. The highest BCUT2D eigenvalue weighted by Crippen LogP contribution is 2.27. The zero-order valence-corrected chi connectivity index (χ0v) is 15.7. The maximum Gasteiger partial charge on any atom is 0.355 e. The average molecular weight is 381 g/mol. The minimum atomic E-state index is -0.543. The van der Waals surface area contributed by atoms with Crippen LogP contribution in [0.5, 0.6) is 0 Å². The molecule has 3 rings (SSSR count). The summed E-state index contributed by atoms with van der Waals surface area (Å²) in [6.07, 6.45) is 3.35. The van der Waals surface area contributed by atoms with E-state index >= 15 is 0 Å². The van der Waals surface area contributed by atoms with Crippen LogP contribution in [0.1, 0.15) is 10.5 Å². The second kappa shape index (κ2) is 8.46. The highest BCUT2D eigenvalue weighted by molar-refractivity contribution is 7.14. The summed E-state index contributed by atoms with van der Waals surface area (Å²) < 4.78 is 6.80. The normalized spacial score (nSPS) is 10.4. The molecular formula is C20H19N3O3S. The van der Waals surface area contributed by atoms with E-state index in [1.54, 1.807) is 36.0 Å². The molecule has 7 heteroatoms. The molecule has 0 saturated carbocycles. The Bertz CT molecular complexity index is 946. The third-order valence-electron chi connectivity index (χ3n) is 3.88. The number of benzene rings is 1. The largest absolute Gasteiger partial charge is 0.451 e. The molecule has 0 unspecified atom stereocenters. The van der Waals surface area contributed by atoms with E-state index < -0.39 is 5.97 Å². The molecule has 3 aromatic rings. The first-order valence-corrected chi connectivity index (χ1v) is 9.18. The first kappa shape index (κ1) is 18.6. The third kappa shape index (κ3) is 4.32. The molecule has 0 spiro atoms. The summed E-state index contributed by atoms with van der Waals surface area (Å²) in [5.74, 6) is -0.898. The second-order valence-electron chi connectivity index (χ2n) is 5.75. The quantitative estimate of drug-likeness (QED) is 0.464. The Morgan fingerprint density at radius 1 is 1.26 bits per heavy atom. The highest BCUT2D eigenvalue weighted by atomic mass is 32.1. The van der Waals surface area contributed by atoms with Crippen molar-refractivity contribution in [2.45, 2.75) is 0 Å². The molecule has 6 nitrogen and oxygen atoms in total. The monoisotopic (exact) mass is 381 g/mol. The van der Waals surface area contributed by atoms with E-state index in [1.165, 1.54) is 16.2 Å². The van der Waals surface area contributed by atoms with E-state index in [-0.39, 0.29) is 19.1 Å².